The summed E-state index contributed by atoms with van der Waals surface area (Å²) in [5.41, 5.74) is 2.53. The van der Waals surface area contributed by atoms with E-state index in [2.05, 4.69) is 0 Å². The molecule has 0 radical (unpaired) electrons. The molecule has 25 heavy (non-hydrogen) atoms. The van der Waals surface area contributed by atoms with E-state index >= 15 is 0 Å². The zero-order valence-electron chi connectivity index (χ0n) is 14.5. The van der Waals surface area contributed by atoms with Gasteiger partial charge in [0.2, 0.25) is 0 Å². The van der Waals surface area contributed by atoms with Gasteiger partial charge in [0, 0.05) is 24.7 Å². The number of carbonyl (C=O) groups is 1. The highest BCUT2D eigenvalue weighted by molar-refractivity contribution is 5.95. The van der Waals surface area contributed by atoms with E-state index < -0.39 is 0 Å². The Kier molecular flexibility index (Phi) is 4.70. The molecule has 1 heterocycles. The standard InChI is InChI=1S/C19H21NO5/c1-23-15-6-13(7-16(10-15)24-2)19(22)20-5-4-12-8-17(21)18(25-3)9-14(12)11-20/h6-10,21H,4-5,11H2,1-3H3. The average molecular weight is 343 g/mol. The molecule has 1 aliphatic heterocycles. The van der Waals surface area contributed by atoms with Gasteiger partial charge in [0.15, 0.2) is 11.5 Å². The van der Waals surface area contributed by atoms with E-state index in [-0.39, 0.29) is 11.7 Å². The molecular formula is C19H21NO5. The fourth-order valence-corrected chi connectivity index (χ4v) is 3.02. The van der Waals surface area contributed by atoms with Crippen molar-refractivity contribution in [3.05, 3.63) is 47.0 Å². The van der Waals surface area contributed by atoms with Gasteiger partial charge in [-0.25, -0.2) is 0 Å². The Bertz CT molecular complexity index is 780. The van der Waals surface area contributed by atoms with Crippen LogP contribution in [0.15, 0.2) is 30.3 Å². The molecule has 2 aromatic rings. The van der Waals surface area contributed by atoms with Crippen LogP contribution in [0, 0.1) is 0 Å². The minimum Gasteiger partial charge on any atom is -0.504 e. The molecular weight excluding hydrogens is 322 g/mol. The van der Waals surface area contributed by atoms with Crippen molar-refractivity contribution in [1.29, 1.82) is 0 Å². The number of phenolic OH excluding ortho intramolecular Hbond substituents is 1. The molecule has 1 aliphatic rings. The number of methoxy groups -OCH3 is 3. The minimum absolute atomic E-state index is 0.0881. The SMILES string of the molecule is COc1cc(OC)cc(C(=O)N2CCc3cc(O)c(OC)cc3C2)c1. The van der Waals surface area contributed by atoms with Gasteiger partial charge < -0.3 is 24.2 Å². The lowest BCUT2D eigenvalue weighted by Gasteiger charge is -2.29. The highest BCUT2D eigenvalue weighted by atomic mass is 16.5. The Morgan fingerprint density at radius 1 is 0.960 bits per heavy atom. The third-order valence-electron chi connectivity index (χ3n) is 4.40. The first kappa shape index (κ1) is 17.0. The maximum Gasteiger partial charge on any atom is 0.254 e. The third-order valence-corrected chi connectivity index (χ3v) is 4.40. The first-order chi connectivity index (χ1) is 12.0. The Labute approximate surface area is 146 Å². The monoisotopic (exact) mass is 343 g/mol. The van der Waals surface area contributed by atoms with Crippen LogP contribution in [0.25, 0.3) is 0 Å². The third kappa shape index (κ3) is 3.33. The molecule has 1 N–H and O–H groups in total. The van der Waals surface area contributed by atoms with E-state index in [9.17, 15) is 9.90 Å². The van der Waals surface area contributed by atoms with E-state index in [1.54, 1.807) is 49.5 Å². The molecule has 6 heteroatoms. The molecule has 0 bridgehead atoms. The molecule has 0 aliphatic carbocycles. The lowest BCUT2D eigenvalue weighted by atomic mass is 9.98. The maximum atomic E-state index is 12.9. The first-order valence-electron chi connectivity index (χ1n) is 7.96. The molecule has 0 fully saturated rings. The summed E-state index contributed by atoms with van der Waals surface area (Å²) in [6, 6.07) is 8.65. The first-order valence-corrected chi connectivity index (χ1v) is 7.96. The number of hydrogen-bond acceptors (Lipinski definition) is 5. The van der Waals surface area contributed by atoms with E-state index in [1.165, 1.54) is 7.11 Å². The molecule has 0 saturated heterocycles. The summed E-state index contributed by atoms with van der Waals surface area (Å²) in [4.78, 5) is 14.7. The van der Waals surface area contributed by atoms with Crippen LogP contribution in [-0.4, -0.2) is 43.8 Å². The Balaban J connectivity index is 1.87. The highest BCUT2D eigenvalue weighted by Crippen LogP contribution is 2.33. The molecule has 0 atom stereocenters. The summed E-state index contributed by atoms with van der Waals surface area (Å²) in [6.45, 7) is 1.04. The van der Waals surface area contributed by atoms with Crippen LogP contribution in [0.5, 0.6) is 23.0 Å². The number of rotatable bonds is 4. The van der Waals surface area contributed by atoms with Gasteiger partial charge in [-0.1, -0.05) is 0 Å². The van der Waals surface area contributed by atoms with Gasteiger partial charge in [-0.3, -0.25) is 4.79 Å². The van der Waals surface area contributed by atoms with Crippen LogP contribution >= 0.6 is 0 Å². The molecule has 0 spiro atoms. The summed E-state index contributed by atoms with van der Waals surface area (Å²) in [6.07, 6.45) is 0.680. The second-order valence-corrected chi connectivity index (χ2v) is 5.87. The van der Waals surface area contributed by atoms with Crippen LogP contribution < -0.4 is 14.2 Å². The number of fused-ring (bicyclic) bond motifs is 1. The fraction of sp³-hybridized carbons (Fsp3) is 0.316. The average Bonchev–Trinajstić information content (AvgIpc) is 2.65. The van der Waals surface area contributed by atoms with Crippen molar-refractivity contribution in [3.63, 3.8) is 0 Å². The van der Waals surface area contributed by atoms with Gasteiger partial charge in [-0.15, -0.1) is 0 Å². The van der Waals surface area contributed by atoms with E-state index in [1.807, 2.05) is 0 Å². The Hall–Kier alpha value is -2.89. The summed E-state index contributed by atoms with van der Waals surface area (Å²) < 4.78 is 15.6. The summed E-state index contributed by atoms with van der Waals surface area (Å²) >= 11 is 0. The van der Waals surface area contributed by atoms with Crippen molar-refractivity contribution in [2.24, 2.45) is 0 Å². The highest BCUT2D eigenvalue weighted by Gasteiger charge is 2.24. The predicted molar refractivity (Wildman–Crippen MR) is 92.6 cm³/mol. The zero-order chi connectivity index (χ0) is 18.0. The second kappa shape index (κ2) is 6.93. The molecule has 0 saturated carbocycles. The lowest BCUT2D eigenvalue weighted by molar-refractivity contribution is 0.0733. The lowest BCUT2D eigenvalue weighted by Crippen LogP contribution is -2.36. The number of ether oxygens (including phenoxy) is 3. The number of benzene rings is 2. The minimum atomic E-state index is -0.0881. The van der Waals surface area contributed by atoms with Crippen LogP contribution in [-0.2, 0) is 13.0 Å². The van der Waals surface area contributed by atoms with Crippen molar-refractivity contribution in [2.75, 3.05) is 27.9 Å². The zero-order valence-corrected chi connectivity index (χ0v) is 14.5. The van der Waals surface area contributed by atoms with Gasteiger partial charge >= 0.3 is 0 Å². The van der Waals surface area contributed by atoms with Crippen LogP contribution in [0.4, 0.5) is 0 Å². The molecule has 6 nitrogen and oxygen atoms in total. The molecule has 0 unspecified atom stereocenters. The van der Waals surface area contributed by atoms with E-state index in [4.69, 9.17) is 14.2 Å². The maximum absolute atomic E-state index is 12.9. The van der Waals surface area contributed by atoms with Crippen molar-refractivity contribution >= 4 is 5.91 Å². The summed E-state index contributed by atoms with van der Waals surface area (Å²) in [5, 5.41) is 9.90. The number of aromatic hydroxyl groups is 1. The van der Waals surface area contributed by atoms with Gasteiger partial charge in [-0.05, 0) is 41.8 Å². The number of carbonyl (C=O) groups excluding carboxylic acids is 1. The molecule has 0 aromatic heterocycles. The molecule has 132 valence electrons. The molecule has 3 rings (SSSR count). The Morgan fingerprint density at radius 3 is 2.24 bits per heavy atom. The van der Waals surface area contributed by atoms with Crippen LogP contribution in [0.1, 0.15) is 21.5 Å². The van der Waals surface area contributed by atoms with Crippen LogP contribution in [0.2, 0.25) is 0 Å². The smallest absolute Gasteiger partial charge is 0.254 e. The van der Waals surface area contributed by atoms with Gasteiger partial charge in [-0.2, -0.15) is 0 Å². The summed E-state index contributed by atoms with van der Waals surface area (Å²) in [5.74, 6) is 1.60. The Morgan fingerprint density at radius 2 is 1.64 bits per heavy atom. The quantitative estimate of drug-likeness (QED) is 0.924. The van der Waals surface area contributed by atoms with E-state index in [0.29, 0.717) is 42.3 Å². The van der Waals surface area contributed by atoms with Crippen LogP contribution in [0.3, 0.4) is 0 Å². The normalized spacial score (nSPS) is 13.2. The van der Waals surface area contributed by atoms with Gasteiger partial charge in [0.1, 0.15) is 11.5 Å². The summed E-state index contributed by atoms with van der Waals surface area (Å²) in [7, 11) is 4.62. The van der Waals surface area contributed by atoms with Gasteiger partial charge in [0.05, 0.1) is 21.3 Å². The second-order valence-electron chi connectivity index (χ2n) is 5.87. The van der Waals surface area contributed by atoms with Gasteiger partial charge in [0.25, 0.3) is 5.91 Å². The number of nitrogens with zero attached hydrogens (tertiary/aromatic N) is 1. The van der Waals surface area contributed by atoms with Crippen molar-refractivity contribution in [3.8, 4) is 23.0 Å². The number of hydrogen-bond donors (Lipinski definition) is 1. The fourth-order valence-electron chi connectivity index (χ4n) is 3.02. The van der Waals surface area contributed by atoms with Crippen molar-refractivity contribution < 1.29 is 24.1 Å². The van der Waals surface area contributed by atoms with Crippen molar-refractivity contribution in [1.82, 2.24) is 4.90 Å². The molecule has 1 amide bonds. The largest absolute Gasteiger partial charge is 0.504 e. The predicted octanol–water partition coefficient (Wildman–Crippen LogP) is 2.62. The van der Waals surface area contributed by atoms with E-state index in [0.717, 1.165) is 11.1 Å². The number of phenols is 1. The molecule has 2 aromatic carbocycles. The van der Waals surface area contributed by atoms with Crippen molar-refractivity contribution in [2.45, 2.75) is 13.0 Å². The number of amides is 1. The topological polar surface area (TPSA) is 68.2 Å².